The molecule has 8 heteroatoms. The van der Waals surface area contributed by atoms with Crippen LogP contribution < -0.4 is 10.1 Å². The summed E-state index contributed by atoms with van der Waals surface area (Å²) >= 11 is 12.5. The number of carbonyl (C=O) groups excluding carboxylic acids is 1. The molecule has 0 fully saturated rings. The Kier molecular flexibility index (Phi) is 7.68. The lowest BCUT2D eigenvalue weighted by Gasteiger charge is -2.13. The molecule has 0 heterocycles. The highest BCUT2D eigenvalue weighted by Crippen LogP contribution is 2.35. The smallest absolute Gasteiger partial charge is 0.303 e. The van der Waals surface area contributed by atoms with E-state index < -0.39 is 5.97 Å². The van der Waals surface area contributed by atoms with E-state index in [2.05, 4.69) is 5.32 Å². The normalized spacial score (nSPS) is 10.2. The van der Waals surface area contributed by atoms with Crippen LogP contribution in [0.25, 0.3) is 0 Å². The van der Waals surface area contributed by atoms with Crippen molar-refractivity contribution in [1.29, 1.82) is 5.26 Å². The minimum Gasteiger partial charge on any atom is -0.486 e. The number of hydrogen-bond donors (Lipinski definition) is 2. The van der Waals surface area contributed by atoms with E-state index >= 15 is 0 Å². The fraction of sp³-hybridized carbons (Fsp3) is 0.250. The number of nitrogens with zero attached hydrogens (tertiary/aromatic N) is 1. The van der Waals surface area contributed by atoms with Gasteiger partial charge in [0.15, 0.2) is 5.75 Å². The molecule has 0 atom stereocenters. The lowest BCUT2D eigenvalue weighted by atomic mass is 10.1. The third-order valence-corrected chi connectivity index (χ3v) is 4.36. The number of carboxylic acids is 1. The van der Waals surface area contributed by atoms with Gasteiger partial charge in [-0.2, -0.15) is 5.26 Å². The van der Waals surface area contributed by atoms with E-state index in [0.29, 0.717) is 35.2 Å². The van der Waals surface area contributed by atoms with Crippen LogP contribution in [0.2, 0.25) is 10.0 Å². The van der Waals surface area contributed by atoms with Crippen molar-refractivity contribution < 1.29 is 19.4 Å². The van der Waals surface area contributed by atoms with Crippen LogP contribution in [0.1, 0.15) is 36.5 Å². The molecule has 0 aliphatic rings. The van der Waals surface area contributed by atoms with E-state index in [1.165, 1.54) is 0 Å². The number of aliphatic carboxylic acids is 1. The summed E-state index contributed by atoms with van der Waals surface area (Å²) in [6.45, 7) is 1.82. The molecule has 28 heavy (non-hydrogen) atoms. The molecule has 2 aromatic rings. The van der Waals surface area contributed by atoms with E-state index in [1.807, 2.05) is 6.07 Å². The van der Waals surface area contributed by atoms with Crippen LogP contribution in [0.4, 0.5) is 5.69 Å². The predicted octanol–water partition coefficient (Wildman–Crippen LogP) is 4.81. The molecule has 0 unspecified atom stereocenters. The van der Waals surface area contributed by atoms with Gasteiger partial charge in [0.05, 0.1) is 21.7 Å². The van der Waals surface area contributed by atoms with E-state index in [9.17, 15) is 14.9 Å². The monoisotopic (exact) mass is 420 g/mol. The Balaban J connectivity index is 2.17. The van der Waals surface area contributed by atoms with Gasteiger partial charge in [-0.1, -0.05) is 30.1 Å². The van der Waals surface area contributed by atoms with Crippen LogP contribution in [0, 0.1) is 11.3 Å². The van der Waals surface area contributed by atoms with Crippen LogP contribution in [-0.4, -0.2) is 17.0 Å². The fourth-order valence-electron chi connectivity index (χ4n) is 2.46. The van der Waals surface area contributed by atoms with Crippen molar-refractivity contribution in [2.75, 3.05) is 5.32 Å². The van der Waals surface area contributed by atoms with Gasteiger partial charge in [0.1, 0.15) is 6.61 Å². The summed E-state index contributed by atoms with van der Waals surface area (Å²) < 4.78 is 5.72. The second kappa shape index (κ2) is 9.98. The minimum absolute atomic E-state index is 0.0277. The van der Waals surface area contributed by atoms with E-state index in [0.717, 1.165) is 0 Å². The molecule has 2 aromatic carbocycles. The first-order valence-electron chi connectivity index (χ1n) is 8.48. The second-order valence-electron chi connectivity index (χ2n) is 6.00. The highest BCUT2D eigenvalue weighted by atomic mass is 35.5. The SMILES string of the molecule is CCC(=O)Nc1cc(C#N)cc(COc2c(Cl)cc(CCC(=O)O)cc2Cl)c1. The summed E-state index contributed by atoms with van der Waals surface area (Å²) in [6, 6.07) is 10.2. The van der Waals surface area contributed by atoms with Crippen LogP contribution in [0.5, 0.6) is 5.75 Å². The number of anilines is 1. The molecule has 0 aliphatic heterocycles. The van der Waals surface area contributed by atoms with Crippen molar-refractivity contribution in [3.63, 3.8) is 0 Å². The number of nitrogens with one attached hydrogen (secondary N) is 1. The van der Waals surface area contributed by atoms with Crippen LogP contribution >= 0.6 is 23.2 Å². The maximum atomic E-state index is 11.6. The number of ether oxygens (including phenoxy) is 1. The first-order chi connectivity index (χ1) is 13.3. The Labute approximate surface area is 172 Å². The van der Waals surface area contributed by atoms with E-state index in [-0.39, 0.29) is 34.7 Å². The average Bonchev–Trinajstić information content (AvgIpc) is 2.65. The fourth-order valence-corrected chi connectivity index (χ4v) is 3.10. The van der Waals surface area contributed by atoms with Gasteiger partial charge >= 0.3 is 5.97 Å². The van der Waals surface area contributed by atoms with Gasteiger partial charge in [-0.25, -0.2) is 0 Å². The number of carbonyl (C=O) groups is 2. The maximum absolute atomic E-state index is 11.6. The molecule has 0 bridgehead atoms. The summed E-state index contributed by atoms with van der Waals surface area (Å²) in [5.41, 5.74) is 2.24. The van der Waals surface area contributed by atoms with E-state index in [4.69, 9.17) is 33.0 Å². The molecular weight excluding hydrogens is 403 g/mol. The number of aryl methyl sites for hydroxylation is 1. The second-order valence-corrected chi connectivity index (χ2v) is 6.82. The van der Waals surface area contributed by atoms with Gasteiger partial charge in [0.2, 0.25) is 5.91 Å². The number of rotatable bonds is 8. The Morgan fingerprint density at radius 3 is 2.39 bits per heavy atom. The summed E-state index contributed by atoms with van der Waals surface area (Å²) in [6.07, 6.45) is 0.599. The molecule has 0 radical (unpaired) electrons. The minimum atomic E-state index is -0.907. The van der Waals surface area contributed by atoms with Crippen LogP contribution in [0.15, 0.2) is 30.3 Å². The quantitative estimate of drug-likeness (QED) is 0.637. The van der Waals surface area contributed by atoms with Crippen molar-refractivity contribution >= 4 is 40.8 Å². The van der Waals surface area contributed by atoms with Gasteiger partial charge in [-0.15, -0.1) is 0 Å². The lowest BCUT2D eigenvalue weighted by molar-refractivity contribution is -0.137. The third-order valence-electron chi connectivity index (χ3n) is 3.80. The number of halogens is 2. The summed E-state index contributed by atoms with van der Waals surface area (Å²) in [5.74, 6) is -0.801. The first-order valence-corrected chi connectivity index (χ1v) is 9.24. The third kappa shape index (κ3) is 6.15. The predicted molar refractivity (Wildman–Crippen MR) is 107 cm³/mol. The highest BCUT2D eigenvalue weighted by molar-refractivity contribution is 6.37. The Hall–Kier alpha value is -2.75. The van der Waals surface area contributed by atoms with Gasteiger partial charge in [0.25, 0.3) is 0 Å². The van der Waals surface area contributed by atoms with E-state index in [1.54, 1.807) is 37.3 Å². The van der Waals surface area contributed by atoms with Crippen LogP contribution in [-0.2, 0) is 22.6 Å². The molecule has 6 nitrogen and oxygen atoms in total. The molecule has 2 rings (SSSR count). The zero-order chi connectivity index (χ0) is 20.7. The first kappa shape index (κ1) is 21.5. The van der Waals surface area contributed by atoms with Gasteiger partial charge < -0.3 is 15.2 Å². The standard InChI is InChI=1S/C20H18Cl2N2O4/c1-2-18(25)24-15-6-13(10-23)5-14(7-15)11-28-20-16(21)8-12(9-17(20)22)3-4-19(26)27/h5-9H,2-4,11H2,1H3,(H,24,25)(H,26,27). The number of amides is 1. The van der Waals surface area contributed by atoms with Gasteiger partial charge in [-0.3, -0.25) is 9.59 Å². The average molecular weight is 421 g/mol. The Morgan fingerprint density at radius 2 is 1.82 bits per heavy atom. The molecule has 0 spiro atoms. The van der Waals surface area contributed by atoms with Crippen molar-refractivity contribution in [2.45, 2.75) is 32.8 Å². The van der Waals surface area contributed by atoms with Crippen molar-refractivity contribution in [3.8, 4) is 11.8 Å². The van der Waals surface area contributed by atoms with Gasteiger partial charge in [0, 0.05) is 18.5 Å². The Morgan fingerprint density at radius 1 is 1.14 bits per heavy atom. The highest BCUT2D eigenvalue weighted by Gasteiger charge is 2.12. The number of benzene rings is 2. The molecule has 2 N–H and O–H groups in total. The molecule has 0 aromatic heterocycles. The topological polar surface area (TPSA) is 99.4 Å². The van der Waals surface area contributed by atoms with Crippen molar-refractivity contribution in [3.05, 3.63) is 57.1 Å². The maximum Gasteiger partial charge on any atom is 0.303 e. The van der Waals surface area contributed by atoms with Crippen molar-refractivity contribution in [1.82, 2.24) is 0 Å². The molecular formula is C20H18Cl2N2O4. The molecule has 1 amide bonds. The number of carboxylic acid groups (broad SMARTS) is 1. The summed E-state index contributed by atoms with van der Waals surface area (Å²) in [4.78, 5) is 22.3. The van der Waals surface area contributed by atoms with Crippen LogP contribution in [0.3, 0.4) is 0 Å². The zero-order valence-corrected chi connectivity index (χ0v) is 16.6. The van der Waals surface area contributed by atoms with Crippen molar-refractivity contribution in [2.24, 2.45) is 0 Å². The molecule has 146 valence electrons. The summed E-state index contributed by atoms with van der Waals surface area (Å²) in [7, 11) is 0. The largest absolute Gasteiger partial charge is 0.486 e. The number of nitriles is 1. The lowest BCUT2D eigenvalue weighted by Crippen LogP contribution is -2.10. The molecule has 0 aliphatic carbocycles. The Bertz CT molecular complexity index is 915. The summed E-state index contributed by atoms with van der Waals surface area (Å²) in [5, 5.41) is 21.2. The zero-order valence-electron chi connectivity index (χ0n) is 15.1. The number of hydrogen-bond acceptors (Lipinski definition) is 4. The van der Waals surface area contributed by atoms with Gasteiger partial charge in [-0.05, 0) is 47.9 Å². The molecule has 0 saturated carbocycles. The molecule has 0 saturated heterocycles.